The van der Waals surface area contributed by atoms with E-state index in [0.29, 0.717) is 51.3 Å². The van der Waals surface area contributed by atoms with Gasteiger partial charge in [-0.2, -0.15) is 0 Å². The molecule has 3 heterocycles. The molecule has 2 aromatic rings. The number of amides is 5. The van der Waals surface area contributed by atoms with Crippen molar-refractivity contribution in [3.63, 3.8) is 0 Å². The first-order valence-corrected chi connectivity index (χ1v) is 15.2. The zero-order chi connectivity index (χ0) is 33.3. The van der Waals surface area contributed by atoms with Crippen molar-refractivity contribution in [2.75, 3.05) is 42.5 Å². The predicted molar refractivity (Wildman–Crippen MR) is 168 cm³/mol. The maximum absolute atomic E-state index is 14.2. The second kappa shape index (κ2) is 12.9. The van der Waals surface area contributed by atoms with Crippen LogP contribution in [0.4, 0.5) is 21.1 Å². The van der Waals surface area contributed by atoms with Gasteiger partial charge in [0.1, 0.15) is 17.0 Å². The molecule has 0 aliphatic carbocycles. The topological polar surface area (TPSA) is 130 Å². The number of aromatic nitrogens is 1. The van der Waals surface area contributed by atoms with E-state index in [2.05, 4.69) is 16.0 Å². The number of carbonyl (C=O) groups is 5. The third-order valence-corrected chi connectivity index (χ3v) is 7.26. The standard InChI is InChI=1S/C33H43N5O7/c1-21-18-22(2)27(34-20-21)35-14-16-36(17-15-35)28(40)24-12-11-23(37-13-9-10-26(37)39)19-25(24)29(41)38(30(42)44-32(3,4)5)31(43)45-33(6,7)8/h11-12,18-20H,9-10,13-17H2,1-8H3. The van der Waals surface area contributed by atoms with Crippen molar-refractivity contribution in [3.05, 3.63) is 52.7 Å². The molecule has 0 unspecified atom stereocenters. The van der Waals surface area contributed by atoms with Crippen LogP contribution in [-0.4, -0.2) is 88.6 Å². The Balaban J connectivity index is 1.70. The summed E-state index contributed by atoms with van der Waals surface area (Å²) in [5.41, 5.74) is 0.191. The van der Waals surface area contributed by atoms with Crippen LogP contribution in [0.2, 0.25) is 0 Å². The van der Waals surface area contributed by atoms with Crippen LogP contribution in [0.5, 0.6) is 0 Å². The second-order valence-corrected chi connectivity index (χ2v) is 13.4. The zero-order valence-corrected chi connectivity index (χ0v) is 27.4. The van der Waals surface area contributed by atoms with Crippen LogP contribution < -0.4 is 9.80 Å². The highest BCUT2D eigenvalue weighted by Crippen LogP contribution is 2.28. The Bertz CT molecular complexity index is 1470. The van der Waals surface area contributed by atoms with E-state index in [-0.39, 0.29) is 21.9 Å². The Kier molecular flexibility index (Phi) is 9.55. The molecule has 4 rings (SSSR count). The van der Waals surface area contributed by atoms with E-state index in [0.717, 1.165) is 16.9 Å². The lowest BCUT2D eigenvalue weighted by Gasteiger charge is -2.36. The SMILES string of the molecule is Cc1cnc(N2CCN(C(=O)c3ccc(N4CCCC4=O)cc3C(=O)N(C(=O)OC(C)(C)C)C(=O)OC(C)(C)C)CC2)c(C)c1. The minimum absolute atomic E-state index is 0.00870. The van der Waals surface area contributed by atoms with E-state index in [9.17, 15) is 24.0 Å². The number of hydrogen-bond donors (Lipinski definition) is 0. The summed E-state index contributed by atoms with van der Waals surface area (Å²) in [5.74, 6) is -0.805. The summed E-state index contributed by atoms with van der Waals surface area (Å²) in [4.78, 5) is 77.5. The van der Waals surface area contributed by atoms with Gasteiger partial charge in [-0.25, -0.2) is 14.6 Å². The van der Waals surface area contributed by atoms with Crippen LogP contribution in [0.15, 0.2) is 30.5 Å². The van der Waals surface area contributed by atoms with E-state index in [1.54, 1.807) is 52.5 Å². The summed E-state index contributed by atoms with van der Waals surface area (Å²) < 4.78 is 10.8. The molecular formula is C33H43N5O7. The summed E-state index contributed by atoms with van der Waals surface area (Å²) in [7, 11) is 0. The van der Waals surface area contributed by atoms with Crippen molar-refractivity contribution in [3.8, 4) is 0 Å². The molecule has 242 valence electrons. The van der Waals surface area contributed by atoms with E-state index in [4.69, 9.17) is 9.47 Å². The third kappa shape index (κ3) is 7.98. The van der Waals surface area contributed by atoms with E-state index >= 15 is 0 Å². The van der Waals surface area contributed by atoms with Crippen LogP contribution in [0.1, 0.15) is 86.2 Å². The summed E-state index contributed by atoms with van der Waals surface area (Å²) in [6, 6.07) is 6.52. The minimum Gasteiger partial charge on any atom is -0.443 e. The maximum Gasteiger partial charge on any atom is 0.427 e. The number of carbonyl (C=O) groups excluding carboxylic acids is 5. The van der Waals surface area contributed by atoms with Crippen molar-refractivity contribution in [1.82, 2.24) is 14.8 Å². The molecule has 2 aliphatic rings. The largest absolute Gasteiger partial charge is 0.443 e. The first-order valence-electron chi connectivity index (χ1n) is 15.2. The van der Waals surface area contributed by atoms with Crippen molar-refractivity contribution in [2.24, 2.45) is 0 Å². The van der Waals surface area contributed by atoms with Crippen LogP contribution in [0, 0.1) is 13.8 Å². The molecule has 1 aromatic heterocycles. The Morgan fingerprint density at radius 2 is 1.42 bits per heavy atom. The van der Waals surface area contributed by atoms with Gasteiger partial charge in [-0.05, 0) is 91.1 Å². The highest BCUT2D eigenvalue weighted by atomic mass is 16.6. The van der Waals surface area contributed by atoms with Crippen LogP contribution >= 0.6 is 0 Å². The minimum atomic E-state index is -1.24. The fourth-order valence-electron chi connectivity index (χ4n) is 5.29. The zero-order valence-electron chi connectivity index (χ0n) is 27.4. The highest BCUT2D eigenvalue weighted by Gasteiger charge is 2.39. The van der Waals surface area contributed by atoms with Crippen LogP contribution in [0.25, 0.3) is 0 Å². The Labute approximate surface area is 264 Å². The normalized spacial score (nSPS) is 15.6. The van der Waals surface area contributed by atoms with Crippen molar-refractivity contribution in [2.45, 2.75) is 79.4 Å². The lowest BCUT2D eigenvalue weighted by Crippen LogP contribution is -2.50. The number of rotatable bonds is 4. The number of benzene rings is 1. The van der Waals surface area contributed by atoms with Gasteiger partial charge in [0.2, 0.25) is 5.91 Å². The molecule has 1 aromatic carbocycles. The number of imide groups is 3. The summed E-state index contributed by atoms with van der Waals surface area (Å²) >= 11 is 0. The highest BCUT2D eigenvalue weighted by molar-refractivity contribution is 6.17. The van der Waals surface area contributed by atoms with Crippen LogP contribution in [0.3, 0.4) is 0 Å². The molecule has 5 amide bonds. The lowest BCUT2D eigenvalue weighted by molar-refractivity contribution is -0.117. The number of ether oxygens (including phenoxy) is 2. The van der Waals surface area contributed by atoms with Gasteiger partial charge in [0.25, 0.3) is 11.8 Å². The molecule has 0 N–H and O–H groups in total. The number of hydrogen-bond acceptors (Lipinski definition) is 9. The summed E-state index contributed by atoms with van der Waals surface area (Å²) in [6.45, 7) is 15.8. The van der Waals surface area contributed by atoms with Gasteiger partial charge in [0, 0.05) is 51.0 Å². The summed E-state index contributed by atoms with van der Waals surface area (Å²) in [5, 5.41) is 0. The van der Waals surface area contributed by atoms with Crippen molar-refractivity contribution in [1.29, 1.82) is 0 Å². The molecule has 12 nitrogen and oxygen atoms in total. The number of pyridine rings is 1. The molecule has 2 fully saturated rings. The number of nitrogens with zero attached hydrogens (tertiary/aromatic N) is 5. The molecule has 0 saturated carbocycles. The fraction of sp³-hybridized carbons (Fsp3) is 0.515. The average Bonchev–Trinajstić information content (AvgIpc) is 3.36. The quantitative estimate of drug-likeness (QED) is 0.458. The van der Waals surface area contributed by atoms with Crippen molar-refractivity contribution >= 4 is 41.4 Å². The van der Waals surface area contributed by atoms with Crippen molar-refractivity contribution < 1.29 is 33.4 Å². The average molecular weight is 622 g/mol. The Morgan fingerprint density at radius 3 is 1.93 bits per heavy atom. The Morgan fingerprint density at radius 1 is 0.822 bits per heavy atom. The smallest absolute Gasteiger partial charge is 0.427 e. The Hall–Kier alpha value is -4.48. The maximum atomic E-state index is 14.2. The molecule has 0 radical (unpaired) electrons. The van der Waals surface area contributed by atoms with Gasteiger partial charge in [0.05, 0.1) is 11.1 Å². The van der Waals surface area contributed by atoms with Gasteiger partial charge < -0.3 is 24.2 Å². The monoisotopic (exact) mass is 621 g/mol. The molecule has 2 saturated heterocycles. The molecule has 0 bridgehead atoms. The summed E-state index contributed by atoms with van der Waals surface area (Å²) in [6.07, 6.45) is 0.330. The van der Waals surface area contributed by atoms with E-state index < -0.39 is 35.2 Å². The molecule has 2 aliphatic heterocycles. The molecular weight excluding hydrogens is 578 g/mol. The third-order valence-electron chi connectivity index (χ3n) is 7.26. The number of anilines is 2. The molecule has 45 heavy (non-hydrogen) atoms. The number of piperazine rings is 1. The van der Waals surface area contributed by atoms with Gasteiger partial charge in [-0.3, -0.25) is 14.4 Å². The van der Waals surface area contributed by atoms with Crippen LogP contribution in [-0.2, 0) is 14.3 Å². The fourth-order valence-corrected chi connectivity index (χ4v) is 5.29. The van der Waals surface area contributed by atoms with Gasteiger partial charge in [0.15, 0.2) is 0 Å². The molecule has 12 heteroatoms. The molecule has 0 atom stereocenters. The van der Waals surface area contributed by atoms with Gasteiger partial charge >= 0.3 is 12.2 Å². The number of aryl methyl sites for hydroxylation is 2. The second-order valence-electron chi connectivity index (χ2n) is 13.4. The first-order chi connectivity index (χ1) is 20.9. The van der Waals surface area contributed by atoms with Gasteiger partial charge in [-0.1, -0.05) is 6.07 Å². The first kappa shape index (κ1) is 33.4. The predicted octanol–water partition coefficient (Wildman–Crippen LogP) is 5.10. The molecule has 0 spiro atoms. The lowest BCUT2D eigenvalue weighted by atomic mass is 10.0. The van der Waals surface area contributed by atoms with E-state index in [1.807, 2.05) is 20.0 Å². The van der Waals surface area contributed by atoms with E-state index in [1.165, 1.54) is 17.0 Å². The van der Waals surface area contributed by atoms with Gasteiger partial charge in [-0.15, -0.1) is 4.90 Å².